The van der Waals surface area contributed by atoms with Crippen LogP contribution in [0, 0.1) is 0 Å². The van der Waals surface area contributed by atoms with Crippen molar-refractivity contribution in [2.24, 2.45) is 0 Å². The number of rotatable bonds is 6. The molecule has 0 aliphatic rings. The summed E-state index contributed by atoms with van der Waals surface area (Å²) in [4.78, 5) is 0. The lowest BCUT2D eigenvalue weighted by molar-refractivity contribution is 1.18. The molecule has 262 valence electrons. The molecule has 0 saturated heterocycles. The molecule has 0 atom stereocenters. The lowest BCUT2D eigenvalue weighted by atomic mass is 9.97. The quantitative estimate of drug-likeness (QED) is 0.162. The molecule has 0 bridgehead atoms. The highest BCUT2D eigenvalue weighted by molar-refractivity contribution is 6.13. The van der Waals surface area contributed by atoms with E-state index in [-0.39, 0.29) is 0 Å². The van der Waals surface area contributed by atoms with Gasteiger partial charge in [-0.3, -0.25) is 0 Å². The van der Waals surface area contributed by atoms with Gasteiger partial charge in [-0.15, -0.1) is 0 Å². The van der Waals surface area contributed by atoms with Crippen LogP contribution in [0.4, 0.5) is 0 Å². The molecule has 2 heterocycles. The average Bonchev–Trinajstić information content (AvgIpc) is 3.79. The topological polar surface area (TPSA) is 9.86 Å². The van der Waals surface area contributed by atoms with Crippen LogP contribution in [-0.2, 0) is 0 Å². The van der Waals surface area contributed by atoms with Gasteiger partial charge in [-0.1, -0.05) is 152 Å². The van der Waals surface area contributed by atoms with E-state index >= 15 is 0 Å². The number of aromatic nitrogens is 2. The summed E-state index contributed by atoms with van der Waals surface area (Å²) in [6.45, 7) is 0. The first-order valence-electron chi connectivity index (χ1n) is 19.3. The van der Waals surface area contributed by atoms with E-state index in [1.807, 2.05) is 0 Å². The monoisotopic (exact) mass is 712 g/mol. The molecule has 0 aliphatic carbocycles. The Morgan fingerprint density at radius 3 is 0.929 bits per heavy atom. The Hall–Kier alpha value is -7.42. The van der Waals surface area contributed by atoms with Crippen LogP contribution in [0.2, 0.25) is 0 Å². The fourth-order valence-electron chi connectivity index (χ4n) is 8.59. The maximum Gasteiger partial charge on any atom is 0.0541 e. The molecule has 0 aliphatic heterocycles. The summed E-state index contributed by atoms with van der Waals surface area (Å²) in [7, 11) is 0. The Bertz CT molecular complexity index is 3190. The Kier molecular flexibility index (Phi) is 7.53. The second-order valence-corrected chi connectivity index (χ2v) is 14.6. The summed E-state index contributed by atoms with van der Waals surface area (Å²) in [6, 6.07) is 79.4. The van der Waals surface area contributed by atoms with Gasteiger partial charge >= 0.3 is 0 Å². The molecule has 11 aromatic rings. The summed E-state index contributed by atoms with van der Waals surface area (Å²) in [5.74, 6) is 0. The minimum atomic E-state index is 1.16. The third-order valence-electron chi connectivity index (χ3n) is 11.3. The highest BCUT2D eigenvalue weighted by Gasteiger charge is 2.17. The molecule has 0 saturated carbocycles. The summed E-state index contributed by atoms with van der Waals surface area (Å²) in [5.41, 5.74) is 16.9. The normalized spacial score (nSPS) is 11.6. The molecule has 0 fully saturated rings. The van der Waals surface area contributed by atoms with Gasteiger partial charge < -0.3 is 9.13 Å². The van der Waals surface area contributed by atoms with Crippen molar-refractivity contribution in [3.05, 3.63) is 218 Å². The standard InChI is InChI=1S/C54H36N2/c1-4-12-37(13-5-1)38-20-22-39(23-21-38)40-24-26-41(27-25-40)42-28-31-53-49(34-42)50-36-44(30-33-54(50)56(53)46-16-8-3-9-17-46)43-29-32-52-48(35-43)47-18-10-11-19-51(47)55(52)45-14-6-2-7-15-45/h1-36H. The summed E-state index contributed by atoms with van der Waals surface area (Å²) in [5, 5.41) is 5.00. The molecule has 9 aromatic carbocycles. The minimum Gasteiger partial charge on any atom is -0.309 e. The first-order chi connectivity index (χ1) is 27.8. The molecule has 2 heteroatoms. The Morgan fingerprint density at radius 1 is 0.196 bits per heavy atom. The van der Waals surface area contributed by atoms with Gasteiger partial charge in [0.2, 0.25) is 0 Å². The molecule has 0 unspecified atom stereocenters. The van der Waals surface area contributed by atoms with Crippen molar-refractivity contribution < 1.29 is 0 Å². The van der Waals surface area contributed by atoms with Crippen LogP contribution >= 0.6 is 0 Å². The molecular formula is C54H36N2. The second-order valence-electron chi connectivity index (χ2n) is 14.6. The van der Waals surface area contributed by atoms with E-state index in [1.54, 1.807) is 0 Å². The van der Waals surface area contributed by atoms with Gasteiger partial charge in [0.05, 0.1) is 22.1 Å². The zero-order valence-electron chi connectivity index (χ0n) is 30.7. The average molecular weight is 713 g/mol. The number of benzene rings is 9. The highest BCUT2D eigenvalue weighted by Crippen LogP contribution is 2.39. The van der Waals surface area contributed by atoms with Crippen LogP contribution < -0.4 is 0 Å². The second kappa shape index (κ2) is 13.2. The number of hydrogen-bond donors (Lipinski definition) is 0. The first kappa shape index (κ1) is 32.0. The lowest BCUT2D eigenvalue weighted by Gasteiger charge is -2.09. The molecule has 11 rings (SSSR count). The van der Waals surface area contributed by atoms with Gasteiger partial charge in [-0.05, 0) is 111 Å². The zero-order valence-corrected chi connectivity index (χ0v) is 30.7. The first-order valence-corrected chi connectivity index (χ1v) is 19.3. The number of hydrogen-bond acceptors (Lipinski definition) is 0. The maximum absolute atomic E-state index is 2.40. The summed E-state index contributed by atoms with van der Waals surface area (Å²) < 4.78 is 4.78. The van der Waals surface area contributed by atoms with E-state index in [0.29, 0.717) is 0 Å². The highest BCUT2D eigenvalue weighted by atomic mass is 15.0. The summed E-state index contributed by atoms with van der Waals surface area (Å²) in [6.07, 6.45) is 0. The third kappa shape index (κ3) is 5.34. The van der Waals surface area contributed by atoms with E-state index in [4.69, 9.17) is 0 Å². The predicted molar refractivity (Wildman–Crippen MR) is 237 cm³/mol. The van der Waals surface area contributed by atoms with Gasteiger partial charge in [0.25, 0.3) is 0 Å². The van der Waals surface area contributed by atoms with Crippen LogP contribution in [-0.4, -0.2) is 9.13 Å². The van der Waals surface area contributed by atoms with E-state index in [2.05, 4.69) is 228 Å². The molecule has 0 N–H and O–H groups in total. The molecule has 2 aromatic heterocycles. The molecule has 0 amide bonds. The van der Waals surface area contributed by atoms with Crippen LogP contribution in [0.3, 0.4) is 0 Å². The van der Waals surface area contributed by atoms with E-state index in [0.717, 1.165) is 5.69 Å². The molecule has 56 heavy (non-hydrogen) atoms. The maximum atomic E-state index is 2.40. The van der Waals surface area contributed by atoms with E-state index in [1.165, 1.54) is 93.8 Å². The van der Waals surface area contributed by atoms with Gasteiger partial charge in [0, 0.05) is 32.9 Å². The molecule has 2 nitrogen and oxygen atoms in total. The fourth-order valence-corrected chi connectivity index (χ4v) is 8.59. The molecule has 0 spiro atoms. The number of nitrogens with zero attached hydrogens (tertiary/aromatic N) is 2. The fraction of sp³-hybridized carbons (Fsp3) is 0. The van der Waals surface area contributed by atoms with E-state index < -0.39 is 0 Å². The van der Waals surface area contributed by atoms with Crippen LogP contribution in [0.5, 0.6) is 0 Å². The Morgan fingerprint density at radius 2 is 0.482 bits per heavy atom. The van der Waals surface area contributed by atoms with Crippen molar-refractivity contribution in [3.63, 3.8) is 0 Å². The van der Waals surface area contributed by atoms with Gasteiger partial charge in [-0.2, -0.15) is 0 Å². The molecular weight excluding hydrogens is 677 g/mol. The van der Waals surface area contributed by atoms with Gasteiger partial charge in [-0.25, -0.2) is 0 Å². The third-order valence-corrected chi connectivity index (χ3v) is 11.3. The predicted octanol–water partition coefficient (Wildman–Crippen LogP) is 14.5. The Labute approximate surface area is 325 Å². The molecule has 0 radical (unpaired) electrons. The van der Waals surface area contributed by atoms with Crippen molar-refractivity contribution in [3.8, 4) is 55.9 Å². The minimum absolute atomic E-state index is 1.16. The van der Waals surface area contributed by atoms with Crippen molar-refractivity contribution in [1.82, 2.24) is 9.13 Å². The van der Waals surface area contributed by atoms with E-state index in [9.17, 15) is 0 Å². The van der Waals surface area contributed by atoms with Crippen molar-refractivity contribution in [2.75, 3.05) is 0 Å². The SMILES string of the molecule is c1ccc(-c2ccc(-c3ccc(-c4ccc5c(c4)c4cc(-c6ccc7c(c6)c6ccccc6n7-c6ccccc6)ccc4n5-c4ccccc4)cc3)cc2)cc1. The smallest absolute Gasteiger partial charge is 0.0541 e. The zero-order chi connectivity index (χ0) is 37.0. The number of para-hydroxylation sites is 3. The summed E-state index contributed by atoms with van der Waals surface area (Å²) >= 11 is 0. The van der Waals surface area contributed by atoms with Crippen molar-refractivity contribution >= 4 is 43.6 Å². The van der Waals surface area contributed by atoms with Crippen molar-refractivity contribution in [1.29, 1.82) is 0 Å². The van der Waals surface area contributed by atoms with Gasteiger partial charge in [0.15, 0.2) is 0 Å². The number of fused-ring (bicyclic) bond motifs is 6. The van der Waals surface area contributed by atoms with Crippen LogP contribution in [0.25, 0.3) is 99.5 Å². The lowest BCUT2D eigenvalue weighted by Crippen LogP contribution is -1.93. The largest absolute Gasteiger partial charge is 0.309 e. The Balaban J connectivity index is 1.02. The van der Waals surface area contributed by atoms with Gasteiger partial charge in [0.1, 0.15) is 0 Å². The van der Waals surface area contributed by atoms with Crippen LogP contribution in [0.15, 0.2) is 218 Å². The van der Waals surface area contributed by atoms with Crippen molar-refractivity contribution in [2.45, 2.75) is 0 Å². The van der Waals surface area contributed by atoms with Crippen LogP contribution in [0.1, 0.15) is 0 Å².